The number of nitrogens with zero attached hydrogens (tertiary/aromatic N) is 1. The molecule has 3 nitrogen and oxygen atoms in total. The van der Waals surface area contributed by atoms with Gasteiger partial charge in [-0.3, -0.25) is 4.79 Å². The second-order valence-electron chi connectivity index (χ2n) is 4.64. The highest BCUT2D eigenvalue weighted by atomic mass is 79.9. The van der Waals surface area contributed by atoms with E-state index in [0.29, 0.717) is 17.1 Å². The second-order valence-corrected chi connectivity index (χ2v) is 6.61. The lowest BCUT2D eigenvalue weighted by molar-refractivity contribution is 0.0799. The summed E-state index contributed by atoms with van der Waals surface area (Å²) in [4.78, 5) is 14.8. The van der Waals surface area contributed by atoms with Gasteiger partial charge in [-0.1, -0.05) is 22.0 Å². The first-order valence-corrected chi connectivity index (χ1v) is 7.99. The molecule has 0 aliphatic heterocycles. The fourth-order valence-electron chi connectivity index (χ4n) is 2.00. The number of unbranched alkanes of at least 4 members (excludes halogenated alkanes) is 1. The van der Waals surface area contributed by atoms with Crippen LogP contribution in [0.1, 0.15) is 22.5 Å². The number of thiophene rings is 1. The van der Waals surface area contributed by atoms with Crippen molar-refractivity contribution in [3.8, 4) is 0 Å². The summed E-state index contributed by atoms with van der Waals surface area (Å²) in [6.07, 6.45) is 3.69. The monoisotopic (exact) mass is 352 g/mol. The first-order valence-electron chi connectivity index (χ1n) is 6.38. The fraction of sp³-hybridized carbons (Fsp3) is 0.267. The Morgan fingerprint density at radius 2 is 2.30 bits per heavy atom. The topological polar surface area (TPSA) is 46.3 Å². The lowest BCUT2D eigenvalue weighted by Crippen LogP contribution is -2.27. The van der Waals surface area contributed by atoms with Gasteiger partial charge in [0.25, 0.3) is 5.91 Å². The van der Waals surface area contributed by atoms with Crippen molar-refractivity contribution in [2.24, 2.45) is 0 Å². The van der Waals surface area contributed by atoms with Crippen molar-refractivity contribution in [1.29, 1.82) is 0 Å². The van der Waals surface area contributed by atoms with E-state index in [0.717, 1.165) is 27.4 Å². The lowest BCUT2D eigenvalue weighted by Gasteiger charge is -2.16. The molecule has 0 unspecified atom stereocenters. The fourth-order valence-corrected chi connectivity index (χ4v) is 3.45. The van der Waals surface area contributed by atoms with Crippen LogP contribution in [-0.2, 0) is 0 Å². The smallest absolute Gasteiger partial charge is 0.265 e. The lowest BCUT2D eigenvalue weighted by atomic mass is 10.2. The number of fused-ring (bicyclic) bond motifs is 1. The van der Waals surface area contributed by atoms with Crippen molar-refractivity contribution in [2.75, 3.05) is 19.3 Å². The molecule has 2 N–H and O–H groups in total. The molecule has 0 spiro atoms. The Kier molecular flexibility index (Phi) is 4.83. The molecule has 0 atom stereocenters. The Morgan fingerprint density at radius 1 is 1.55 bits per heavy atom. The molecule has 20 heavy (non-hydrogen) atoms. The maximum absolute atomic E-state index is 12.4. The van der Waals surface area contributed by atoms with E-state index in [4.69, 9.17) is 5.73 Å². The Morgan fingerprint density at radius 3 is 3.00 bits per heavy atom. The van der Waals surface area contributed by atoms with Gasteiger partial charge in [0.05, 0.1) is 5.69 Å². The molecule has 0 radical (unpaired) electrons. The summed E-state index contributed by atoms with van der Waals surface area (Å²) in [5, 5.41) is 0.937. The van der Waals surface area contributed by atoms with Gasteiger partial charge >= 0.3 is 0 Å². The van der Waals surface area contributed by atoms with Crippen LogP contribution in [0.4, 0.5) is 5.69 Å². The van der Waals surface area contributed by atoms with Crippen molar-refractivity contribution in [2.45, 2.75) is 12.8 Å². The largest absolute Gasteiger partial charge is 0.397 e. The van der Waals surface area contributed by atoms with Crippen LogP contribution >= 0.6 is 27.3 Å². The molecule has 0 fully saturated rings. The maximum Gasteiger partial charge on any atom is 0.265 e. The maximum atomic E-state index is 12.4. The third-order valence-electron chi connectivity index (χ3n) is 3.13. The van der Waals surface area contributed by atoms with E-state index in [1.165, 1.54) is 11.3 Å². The number of carbonyl (C=O) groups is 1. The van der Waals surface area contributed by atoms with Crippen LogP contribution in [0.5, 0.6) is 0 Å². The van der Waals surface area contributed by atoms with Crippen LogP contribution in [0, 0.1) is 0 Å². The highest BCUT2D eigenvalue weighted by Gasteiger charge is 2.19. The number of halogens is 1. The van der Waals surface area contributed by atoms with Crippen LogP contribution in [0.2, 0.25) is 0 Å². The Bertz CT molecular complexity index is 651. The van der Waals surface area contributed by atoms with Crippen LogP contribution in [0.25, 0.3) is 10.1 Å². The van der Waals surface area contributed by atoms with Gasteiger partial charge in [-0.25, -0.2) is 0 Å². The van der Waals surface area contributed by atoms with Gasteiger partial charge in [0, 0.05) is 28.2 Å². The number of allylic oxidation sites excluding steroid dienone is 1. The minimum absolute atomic E-state index is 0.0103. The number of rotatable bonds is 5. The third kappa shape index (κ3) is 3.04. The molecule has 106 valence electrons. The number of nitrogen functional groups attached to an aromatic ring is 1. The van der Waals surface area contributed by atoms with E-state index in [1.54, 1.807) is 4.90 Å². The standard InChI is InChI=1S/C15H17BrN2OS/c1-3-4-5-8-18(2)15(19)14-13(17)11-9-10(16)6-7-12(11)20-14/h3,6-7,9H,1,4-5,8,17H2,2H3. The molecular weight excluding hydrogens is 336 g/mol. The van der Waals surface area contributed by atoms with Crippen molar-refractivity contribution in [3.63, 3.8) is 0 Å². The van der Waals surface area contributed by atoms with E-state index in [2.05, 4.69) is 22.5 Å². The van der Waals surface area contributed by atoms with E-state index >= 15 is 0 Å². The zero-order chi connectivity index (χ0) is 14.7. The minimum atomic E-state index is -0.0103. The summed E-state index contributed by atoms with van der Waals surface area (Å²) in [5.74, 6) is -0.0103. The normalized spacial score (nSPS) is 10.7. The minimum Gasteiger partial charge on any atom is -0.397 e. The Labute approximate surface area is 131 Å². The Balaban J connectivity index is 2.26. The molecule has 5 heteroatoms. The molecular formula is C15H17BrN2OS. The Hall–Kier alpha value is -1.33. The molecule has 0 aliphatic carbocycles. The van der Waals surface area contributed by atoms with Crippen molar-refractivity contribution in [3.05, 3.63) is 40.2 Å². The van der Waals surface area contributed by atoms with Crippen molar-refractivity contribution in [1.82, 2.24) is 4.90 Å². The van der Waals surface area contributed by atoms with E-state index in [9.17, 15) is 4.79 Å². The van der Waals surface area contributed by atoms with Gasteiger partial charge in [-0.15, -0.1) is 17.9 Å². The van der Waals surface area contributed by atoms with Gasteiger partial charge in [-0.05, 0) is 31.0 Å². The summed E-state index contributed by atoms with van der Waals surface area (Å²) >= 11 is 4.88. The highest BCUT2D eigenvalue weighted by molar-refractivity contribution is 9.10. The quantitative estimate of drug-likeness (QED) is 0.644. The van der Waals surface area contributed by atoms with Gasteiger partial charge in [0.2, 0.25) is 0 Å². The first kappa shape index (κ1) is 15.1. The predicted molar refractivity (Wildman–Crippen MR) is 90.3 cm³/mol. The molecule has 1 heterocycles. The third-order valence-corrected chi connectivity index (χ3v) is 4.80. The number of carbonyl (C=O) groups excluding carboxylic acids is 1. The van der Waals surface area contributed by atoms with E-state index in [1.807, 2.05) is 31.3 Å². The van der Waals surface area contributed by atoms with Gasteiger partial charge in [0.1, 0.15) is 4.88 Å². The summed E-state index contributed by atoms with van der Waals surface area (Å²) < 4.78 is 2.00. The molecule has 1 amide bonds. The van der Waals surface area contributed by atoms with Crippen LogP contribution in [0.15, 0.2) is 35.3 Å². The number of anilines is 1. The zero-order valence-corrected chi connectivity index (χ0v) is 13.8. The highest BCUT2D eigenvalue weighted by Crippen LogP contribution is 2.35. The summed E-state index contributed by atoms with van der Waals surface area (Å²) in [7, 11) is 1.81. The number of hydrogen-bond acceptors (Lipinski definition) is 3. The predicted octanol–water partition coefficient (Wildman–Crippen LogP) is 4.28. The van der Waals surface area contributed by atoms with Gasteiger partial charge in [0.15, 0.2) is 0 Å². The van der Waals surface area contributed by atoms with Crippen molar-refractivity contribution < 1.29 is 4.79 Å². The number of benzene rings is 1. The van der Waals surface area contributed by atoms with Gasteiger partial charge in [-0.2, -0.15) is 0 Å². The summed E-state index contributed by atoms with van der Waals surface area (Å²) in [5.41, 5.74) is 6.70. The average molecular weight is 353 g/mol. The van der Waals surface area contributed by atoms with E-state index in [-0.39, 0.29) is 5.91 Å². The molecule has 0 saturated carbocycles. The molecule has 1 aromatic carbocycles. The van der Waals surface area contributed by atoms with Gasteiger partial charge < -0.3 is 10.6 Å². The molecule has 0 saturated heterocycles. The SMILES string of the molecule is C=CCCCN(C)C(=O)c1sc2ccc(Br)cc2c1N. The second kappa shape index (κ2) is 6.41. The molecule has 2 aromatic rings. The molecule has 0 bridgehead atoms. The number of amides is 1. The zero-order valence-electron chi connectivity index (χ0n) is 11.4. The summed E-state index contributed by atoms with van der Waals surface area (Å²) in [6, 6.07) is 5.89. The molecule has 2 rings (SSSR count). The van der Waals surface area contributed by atoms with Crippen LogP contribution < -0.4 is 5.73 Å². The first-order chi connectivity index (χ1) is 9.54. The van der Waals surface area contributed by atoms with Crippen LogP contribution in [-0.4, -0.2) is 24.4 Å². The summed E-state index contributed by atoms with van der Waals surface area (Å²) in [6.45, 7) is 4.40. The number of nitrogens with two attached hydrogens (primary N) is 1. The number of hydrogen-bond donors (Lipinski definition) is 1. The molecule has 1 aromatic heterocycles. The van der Waals surface area contributed by atoms with E-state index < -0.39 is 0 Å². The molecule has 0 aliphatic rings. The van der Waals surface area contributed by atoms with Crippen molar-refractivity contribution >= 4 is 48.9 Å². The van der Waals surface area contributed by atoms with Crippen LogP contribution in [0.3, 0.4) is 0 Å². The average Bonchev–Trinajstić information content (AvgIpc) is 2.75.